The Morgan fingerprint density at radius 1 is 1.27 bits per heavy atom. The first-order chi connectivity index (χ1) is 10.6. The molecular formula is C15H20Cl2N4O. The fraction of sp³-hybridized carbons (Fsp3) is 0.600. The summed E-state index contributed by atoms with van der Waals surface area (Å²) in [6.07, 6.45) is 5.12. The van der Waals surface area contributed by atoms with Crippen molar-refractivity contribution in [2.24, 2.45) is 5.92 Å². The highest BCUT2D eigenvalue weighted by atomic mass is 35.5. The maximum atomic E-state index is 12.3. The van der Waals surface area contributed by atoms with E-state index in [1.54, 1.807) is 6.07 Å². The average molecular weight is 343 g/mol. The zero-order valence-corrected chi connectivity index (χ0v) is 13.9. The Hall–Kier alpha value is -1.04. The Labute approximate surface area is 140 Å². The van der Waals surface area contributed by atoms with Crippen LogP contribution in [0.3, 0.4) is 0 Å². The quantitative estimate of drug-likeness (QED) is 0.916. The van der Waals surface area contributed by atoms with Gasteiger partial charge in [0.15, 0.2) is 0 Å². The van der Waals surface area contributed by atoms with Crippen LogP contribution in [0.2, 0.25) is 10.0 Å². The van der Waals surface area contributed by atoms with E-state index in [0.29, 0.717) is 21.8 Å². The second-order valence-corrected chi connectivity index (χ2v) is 6.84. The minimum absolute atomic E-state index is 0.116. The van der Waals surface area contributed by atoms with Crippen LogP contribution in [0.15, 0.2) is 12.3 Å². The summed E-state index contributed by atoms with van der Waals surface area (Å²) < 4.78 is 0. The highest BCUT2D eigenvalue weighted by Crippen LogP contribution is 2.24. The molecule has 3 rings (SSSR count). The molecule has 1 atom stereocenters. The number of hydrogen-bond donors (Lipinski definition) is 1. The maximum Gasteiger partial charge on any atom is 0.323 e. The van der Waals surface area contributed by atoms with Crippen molar-refractivity contribution in [1.29, 1.82) is 0 Å². The molecule has 2 saturated heterocycles. The number of carbonyl (C=O) groups is 1. The molecule has 1 N–H and O–H groups in total. The molecule has 0 spiro atoms. The van der Waals surface area contributed by atoms with E-state index in [4.69, 9.17) is 23.2 Å². The molecule has 0 unspecified atom stereocenters. The fourth-order valence-corrected chi connectivity index (χ4v) is 3.42. The first kappa shape index (κ1) is 15.8. The molecule has 22 heavy (non-hydrogen) atoms. The normalized spacial score (nSPS) is 22.3. The van der Waals surface area contributed by atoms with Crippen molar-refractivity contribution >= 4 is 35.1 Å². The number of nitrogens with zero attached hydrogens (tertiary/aromatic N) is 3. The molecule has 0 bridgehead atoms. The number of amides is 2. The lowest BCUT2D eigenvalue weighted by Gasteiger charge is -2.20. The Balaban J connectivity index is 1.51. The molecule has 2 aliphatic heterocycles. The monoisotopic (exact) mass is 342 g/mol. The van der Waals surface area contributed by atoms with Gasteiger partial charge in [-0.15, -0.1) is 0 Å². The maximum absolute atomic E-state index is 12.3. The molecule has 120 valence electrons. The SMILES string of the molecule is O=C(Nc1cc(Cl)c(Cl)cn1)N1CC[C@H](CN2CCCC2)C1. The lowest BCUT2D eigenvalue weighted by Crippen LogP contribution is -2.35. The van der Waals surface area contributed by atoms with Gasteiger partial charge in [0.2, 0.25) is 0 Å². The van der Waals surface area contributed by atoms with E-state index in [1.165, 1.54) is 32.1 Å². The summed E-state index contributed by atoms with van der Waals surface area (Å²) >= 11 is 11.8. The van der Waals surface area contributed by atoms with E-state index < -0.39 is 0 Å². The zero-order chi connectivity index (χ0) is 15.5. The van der Waals surface area contributed by atoms with Crippen molar-refractivity contribution in [2.75, 3.05) is 38.0 Å². The summed E-state index contributed by atoms with van der Waals surface area (Å²) in [6, 6.07) is 1.45. The molecule has 2 amide bonds. The number of aromatic nitrogens is 1. The van der Waals surface area contributed by atoms with Crippen molar-refractivity contribution in [1.82, 2.24) is 14.8 Å². The standard InChI is InChI=1S/C15H20Cl2N4O/c16-12-7-14(18-8-13(12)17)19-15(22)21-6-3-11(10-21)9-20-4-1-2-5-20/h7-8,11H,1-6,9-10H2,(H,18,19,22)/t11-/m1/s1. The van der Waals surface area contributed by atoms with Gasteiger partial charge in [0, 0.05) is 31.9 Å². The van der Waals surface area contributed by atoms with E-state index in [9.17, 15) is 4.79 Å². The Morgan fingerprint density at radius 2 is 2.05 bits per heavy atom. The molecule has 0 aliphatic carbocycles. The van der Waals surface area contributed by atoms with Crippen molar-refractivity contribution in [3.05, 3.63) is 22.3 Å². The van der Waals surface area contributed by atoms with Crippen LogP contribution >= 0.6 is 23.2 Å². The second-order valence-electron chi connectivity index (χ2n) is 6.02. The van der Waals surface area contributed by atoms with E-state index in [2.05, 4.69) is 15.2 Å². The molecular weight excluding hydrogens is 323 g/mol. The van der Waals surface area contributed by atoms with Gasteiger partial charge in [-0.25, -0.2) is 9.78 Å². The van der Waals surface area contributed by atoms with E-state index in [-0.39, 0.29) is 6.03 Å². The van der Waals surface area contributed by atoms with Crippen LogP contribution in [0.1, 0.15) is 19.3 Å². The fourth-order valence-electron chi connectivity index (χ4n) is 3.17. The third kappa shape index (κ3) is 3.83. The topological polar surface area (TPSA) is 48.5 Å². The molecule has 2 aliphatic rings. The first-order valence-electron chi connectivity index (χ1n) is 7.71. The number of halogens is 2. The lowest BCUT2D eigenvalue weighted by molar-refractivity contribution is 0.217. The van der Waals surface area contributed by atoms with Crippen LogP contribution in [0.4, 0.5) is 10.6 Å². The summed E-state index contributed by atoms with van der Waals surface area (Å²) in [6.45, 7) is 5.12. The number of anilines is 1. The lowest BCUT2D eigenvalue weighted by atomic mass is 10.1. The number of urea groups is 1. The van der Waals surface area contributed by atoms with Gasteiger partial charge in [-0.1, -0.05) is 23.2 Å². The van der Waals surface area contributed by atoms with Crippen LogP contribution in [0.25, 0.3) is 0 Å². The average Bonchev–Trinajstić information content (AvgIpc) is 3.15. The van der Waals surface area contributed by atoms with Gasteiger partial charge < -0.3 is 9.80 Å². The van der Waals surface area contributed by atoms with Gasteiger partial charge in [0.1, 0.15) is 5.82 Å². The molecule has 1 aromatic heterocycles. The Morgan fingerprint density at radius 3 is 2.77 bits per heavy atom. The summed E-state index contributed by atoms with van der Waals surface area (Å²) in [5.41, 5.74) is 0. The summed E-state index contributed by atoms with van der Waals surface area (Å²) in [5.74, 6) is 1.01. The molecule has 3 heterocycles. The Kier molecular flexibility index (Phi) is 5.06. The van der Waals surface area contributed by atoms with E-state index >= 15 is 0 Å². The molecule has 0 saturated carbocycles. The molecule has 0 radical (unpaired) electrons. The van der Waals surface area contributed by atoms with Crippen LogP contribution < -0.4 is 5.32 Å². The van der Waals surface area contributed by atoms with Gasteiger partial charge >= 0.3 is 6.03 Å². The predicted molar refractivity (Wildman–Crippen MR) is 88.6 cm³/mol. The smallest absolute Gasteiger partial charge is 0.323 e. The zero-order valence-electron chi connectivity index (χ0n) is 12.4. The predicted octanol–water partition coefficient (Wildman–Crippen LogP) is 3.34. The minimum Gasteiger partial charge on any atom is -0.324 e. The van der Waals surface area contributed by atoms with Gasteiger partial charge in [-0.2, -0.15) is 0 Å². The van der Waals surface area contributed by atoms with Gasteiger partial charge in [-0.3, -0.25) is 5.32 Å². The van der Waals surface area contributed by atoms with Crippen molar-refractivity contribution in [3.8, 4) is 0 Å². The van der Waals surface area contributed by atoms with Crippen molar-refractivity contribution in [3.63, 3.8) is 0 Å². The molecule has 1 aromatic rings. The molecule has 0 aromatic carbocycles. The van der Waals surface area contributed by atoms with Crippen molar-refractivity contribution in [2.45, 2.75) is 19.3 Å². The number of hydrogen-bond acceptors (Lipinski definition) is 3. The molecule has 7 heteroatoms. The van der Waals surface area contributed by atoms with Crippen LogP contribution in [0, 0.1) is 5.92 Å². The van der Waals surface area contributed by atoms with Crippen molar-refractivity contribution < 1.29 is 4.79 Å². The van der Waals surface area contributed by atoms with Crippen LogP contribution in [-0.2, 0) is 0 Å². The van der Waals surface area contributed by atoms with E-state index in [0.717, 1.165) is 26.1 Å². The second kappa shape index (κ2) is 7.02. The van der Waals surface area contributed by atoms with Crippen LogP contribution in [-0.4, -0.2) is 53.5 Å². The number of likely N-dealkylation sites (tertiary alicyclic amines) is 2. The number of rotatable bonds is 3. The van der Waals surface area contributed by atoms with Gasteiger partial charge in [0.05, 0.1) is 10.0 Å². The number of pyridine rings is 1. The van der Waals surface area contributed by atoms with E-state index in [1.807, 2.05) is 4.90 Å². The van der Waals surface area contributed by atoms with Gasteiger partial charge in [-0.05, 0) is 38.3 Å². The third-order valence-corrected chi connectivity index (χ3v) is 5.04. The highest BCUT2D eigenvalue weighted by molar-refractivity contribution is 6.42. The minimum atomic E-state index is -0.116. The largest absolute Gasteiger partial charge is 0.324 e. The highest BCUT2D eigenvalue weighted by Gasteiger charge is 2.28. The van der Waals surface area contributed by atoms with Gasteiger partial charge in [0.25, 0.3) is 0 Å². The first-order valence-corrected chi connectivity index (χ1v) is 8.47. The van der Waals surface area contributed by atoms with Crippen LogP contribution in [0.5, 0.6) is 0 Å². The summed E-state index contributed by atoms with van der Waals surface area (Å²) in [4.78, 5) is 20.7. The summed E-state index contributed by atoms with van der Waals surface area (Å²) in [5, 5.41) is 3.56. The molecule has 5 nitrogen and oxygen atoms in total. The number of carbonyl (C=O) groups excluding carboxylic acids is 1. The third-order valence-electron chi connectivity index (χ3n) is 4.33. The number of nitrogens with one attached hydrogen (secondary N) is 1. The summed E-state index contributed by atoms with van der Waals surface area (Å²) in [7, 11) is 0. The molecule has 2 fully saturated rings. The Bertz CT molecular complexity index is 548.